The fraction of sp³-hybridized carbons (Fsp3) is 0.455. The van der Waals surface area contributed by atoms with Crippen LogP contribution in [0.25, 0.3) is 0 Å². The SMILES string of the molecule is O=C(O)c1ccc(OC[C@@H]2CCOC2)nc1. The van der Waals surface area contributed by atoms with Crippen molar-refractivity contribution >= 4 is 5.97 Å². The number of pyridine rings is 1. The Hall–Kier alpha value is -1.62. The van der Waals surface area contributed by atoms with Crippen molar-refractivity contribution in [3.8, 4) is 5.88 Å². The molecule has 0 aromatic carbocycles. The molecule has 0 amide bonds. The molecule has 0 saturated carbocycles. The lowest BCUT2D eigenvalue weighted by Crippen LogP contribution is -2.12. The molecule has 1 aliphatic rings. The first-order chi connectivity index (χ1) is 7.75. The second-order valence-corrected chi connectivity index (χ2v) is 3.73. The van der Waals surface area contributed by atoms with Gasteiger partial charge in [0.2, 0.25) is 5.88 Å². The maximum Gasteiger partial charge on any atom is 0.337 e. The van der Waals surface area contributed by atoms with Gasteiger partial charge in [0.15, 0.2) is 0 Å². The van der Waals surface area contributed by atoms with E-state index in [4.69, 9.17) is 14.6 Å². The summed E-state index contributed by atoms with van der Waals surface area (Å²) in [5.41, 5.74) is 0.163. The van der Waals surface area contributed by atoms with E-state index >= 15 is 0 Å². The van der Waals surface area contributed by atoms with Gasteiger partial charge in [-0.15, -0.1) is 0 Å². The second kappa shape index (κ2) is 4.94. The van der Waals surface area contributed by atoms with Crippen molar-refractivity contribution in [2.24, 2.45) is 5.92 Å². The molecule has 2 heterocycles. The monoisotopic (exact) mass is 223 g/mol. The van der Waals surface area contributed by atoms with Crippen molar-refractivity contribution < 1.29 is 19.4 Å². The maximum absolute atomic E-state index is 10.6. The Morgan fingerprint density at radius 3 is 3.06 bits per heavy atom. The third-order valence-electron chi connectivity index (χ3n) is 2.47. The van der Waals surface area contributed by atoms with Crippen LogP contribution in [-0.2, 0) is 4.74 Å². The van der Waals surface area contributed by atoms with Gasteiger partial charge in [-0.05, 0) is 12.5 Å². The van der Waals surface area contributed by atoms with Crippen LogP contribution in [0.1, 0.15) is 16.8 Å². The summed E-state index contributed by atoms with van der Waals surface area (Å²) in [7, 11) is 0. The van der Waals surface area contributed by atoms with Crippen LogP contribution in [0.4, 0.5) is 0 Å². The van der Waals surface area contributed by atoms with E-state index in [2.05, 4.69) is 4.98 Å². The third-order valence-corrected chi connectivity index (χ3v) is 2.47. The molecule has 1 aromatic heterocycles. The Morgan fingerprint density at radius 2 is 2.50 bits per heavy atom. The van der Waals surface area contributed by atoms with E-state index in [1.165, 1.54) is 12.3 Å². The summed E-state index contributed by atoms with van der Waals surface area (Å²) in [6, 6.07) is 3.05. The first kappa shape index (κ1) is 10.9. The molecule has 1 atom stereocenters. The van der Waals surface area contributed by atoms with Crippen LogP contribution in [0.3, 0.4) is 0 Å². The number of carboxylic acid groups (broad SMARTS) is 1. The standard InChI is InChI=1S/C11H13NO4/c13-11(14)9-1-2-10(12-5-9)16-7-8-3-4-15-6-8/h1-2,5,8H,3-4,6-7H2,(H,13,14)/t8-/m1/s1. The summed E-state index contributed by atoms with van der Waals surface area (Å²) in [5.74, 6) is -0.110. The number of nitrogens with zero attached hydrogens (tertiary/aromatic N) is 1. The Bertz CT molecular complexity index is 357. The lowest BCUT2D eigenvalue weighted by Gasteiger charge is -2.09. The summed E-state index contributed by atoms with van der Waals surface area (Å²) in [5, 5.41) is 8.68. The molecule has 1 aromatic rings. The Morgan fingerprint density at radius 1 is 1.62 bits per heavy atom. The summed E-state index contributed by atoms with van der Waals surface area (Å²) < 4.78 is 10.7. The van der Waals surface area contributed by atoms with E-state index in [1.54, 1.807) is 6.07 Å². The second-order valence-electron chi connectivity index (χ2n) is 3.73. The first-order valence-corrected chi connectivity index (χ1v) is 5.15. The molecular weight excluding hydrogens is 210 g/mol. The molecule has 0 unspecified atom stereocenters. The quantitative estimate of drug-likeness (QED) is 0.830. The van der Waals surface area contributed by atoms with Gasteiger partial charge in [-0.2, -0.15) is 0 Å². The van der Waals surface area contributed by atoms with Gasteiger partial charge in [0.1, 0.15) is 0 Å². The Balaban J connectivity index is 1.87. The number of hydrogen-bond donors (Lipinski definition) is 1. The minimum atomic E-state index is -0.983. The van der Waals surface area contributed by atoms with Gasteiger partial charge < -0.3 is 14.6 Å². The summed E-state index contributed by atoms with van der Waals surface area (Å²) in [6.07, 6.45) is 2.30. The molecule has 86 valence electrons. The predicted octanol–water partition coefficient (Wildman–Crippen LogP) is 1.20. The summed E-state index contributed by atoms with van der Waals surface area (Å²) in [4.78, 5) is 14.5. The molecule has 1 aliphatic heterocycles. The van der Waals surface area contributed by atoms with Crippen molar-refractivity contribution in [2.45, 2.75) is 6.42 Å². The highest BCUT2D eigenvalue weighted by Crippen LogP contribution is 2.14. The molecule has 5 heteroatoms. The minimum absolute atomic E-state index is 0.163. The average Bonchev–Trinajstić information content (AvgIpc) is 2.80. The highest BCUT2D eigenvalue weighted by Gasteiger charge is 2.16. The van der Waals surface area contributed by atoms with E-state index in [0.717, 1.165) is 19.6 Å². The molecule has 1 N–H and O–H groups in total. The van der Waals surface area contributed by atoms with Gasteiger partial charge in [-0.1, -0.05) is 0 Å². The number of ether oxygens (including phenoxy) is 2. The molecule has 5 nitrogen and oxygen atoms in total. The van der Waals surface area contributed by atoms with Crippen molar-refractivity contribution in [1.29, 1.82) is 0 Å². The Kier molecular flexibility index (Phi) is 3.36. The average molecular weight is 223 g/mol. The number of aromatic carboxylic acids is 1. The fourth-order valence-electron chi connectivity index (χ4n) is 1.51. The molecule has 2 rings (SSSR count). The van der Waals surface area contributed by atoms with E-state index in [9.17, 15) is 4.79 Å². The van der Waals surface area contributed by atoms with E-state index in [-0.39, 0.29) is 5.56 Å². The zero-order valence-corrected chi connectivity index (χ0v) is 8.76. The van der Waals surface area contributed by atoms with Crippen LogP contribution in [0, 0.1) is 5.92 Å². The Labute approximate surface area is 93.0 Å². The van der Waals surface area contributed by atoms with Gasteiger partial charge in [0, 0.05) is 24.8 Å². The van der Waals surface area contributed by atoms with Gasteiger partial charge >= 0.3 is 5.97 Å². The fourth-order valence-corrected chi connectivity index (χ4v) is 1.51. The number of rotatable bonds is 4. The smallest absolute Gasteiger partial charge is 0.337 e. The van der Waals surface area contributed by atoms with E-state index < -0.39 is 5.97 Å². The van der Waals surface area contributed by atoms with Crippen molar-refractivity contribution in [2.75, 3.05) is 19.8 Å². The predicted molar refractivity (Wildman–Crippen MR) is 55.6 cm³/mol. The highest BCUT2D eigenvalue weighted by atomic mass is 16.5. The zero-order valence-electron chi connectivity index (χ0n) is 8.76. The highest BCUT2D eigenvalue weighted by molar-refractivity contribution is 5.87. The van der Waals surface area contributed by atoms with Gasteiger partial charge in [-0.25, -0.2) is 9.78 Å². The summed E-state index contributed by atoms with van der Waals surface area (Å²) >= 11 is 0. The number of carboxylic acids is 1. The van der Waals surface area contributed by atoms with Crippen LogP contribution >= 0.6 is 0 Å². The zero-order chi connectivity index (χ0) is 11.4. The molecule has 1 saturated heterocycles. The van der Waals surface area contributed by atoms with Crippen molar-refractivity contribution in [1.82, 2.24) is 4.98 Å². The van der Waals surface area contributed by atoms with Crippen molar-refractivity contribution in [3.63, 3.8) is 0 Å². The lowest BCUT2D eigenvalue weighted by molar-refractivity contribution is 0.0696. The summed E-state index contributed by atoms with van der Waals surface area (Å²) in [6.45, 7) is 2.09. The van der Waals surface area contributed by atoms with Crippen LogP contribution in [0.5, 0.6) is 5.88 Å². The molecule has 0 bridgehead atoms. The lowest BCUT2D eigenvalue weighted by atomic mass is 10.1. The molecule has 0 radical (unpaired) electrons. The van der Waals surface area contributed by atoms with E-state index in [1.807, 2.05) is 0 Å². The van der Waals surface area contributed by atoms with E-state index in [0.29, 0.717) is 18.4 Å². The topological polar surface area (TPSA) is 68.7 Å². The first-order valence-electron chi connectivity index (χ1n) is 5.15. The van der Waals surface area contributed by atoms with Crippen LogP contribution < -0.4 is 4.74 Å². The van der Waals surface area contributed by atoms with Crippen molar-refractivity contribution in [3.05, 3.63) is 23.9 Å². The molecular formula is C11H13NO4. The third kappa shape index (κ3) is 2.70. The van der Waals surface area contributed by atoms with Gasteiger partial charge in [-0.3, -0.25) is 0 Å². The minimum Gasteiger partial charge on any atom is -0.478 e. The molecule has 1 fully saturated rings. The van der Waals surface area contributed by atoms with Gasteiger partial charge in [0.05, 0.1) is 18.8 Å². The largest absolute Gasteiger partial charge is 0.478 e. The maximum atomic E-state index is 10.6. The van der Waals surface area contributed by atoms with Crippen LogP contribution in [0.15, 0.2) is 18.3 Å². The number of aromatic nitrogens is 1. The molecule has 0 aliphatic carbocycles. The molecule has 16 heavy (non-hydrogen) atoms. The normalized spacial score (nSPS) is 19.6. The van der Waals surface area contributed by atoms with Crippen LogP contribution in [0.2, 0.25) is 0 Å². The molecule has 0 spiro atoms. The van der Waals surface area contributed by atoms with Crippen LogP contribution in [-0.4, -0.2) is 35.9 Å². The van der Waals surface area contributed by atoms with Gasteiger partial charge in [0.25, 0.3) is 0 Å². The number of carbonyl (C=O) groups is 1. The number of hydrogen-bond acceptors (Lipinski definition) is 4.